The molecule has 0 aromatic rings. The van der Waals surface area contributed by atoms with Crippen LogP contribution >= 0.6 is 0 Å². The molecule has 1 N–H and O–H groups in total. The summed E-state index contributed by atoms with van der Waals surface area (Å²) in [6.07, 6.45) is 4.90. The van der Waals surface area contributed by atoms with E-state index in [0.29, 0.717) is 19.1 Å². The zero-order valence-electron chi connectivity index (χ0n) is 13.1. The molecule has 0 radical (unpaired) electrons. The summed E-state index contributed by atoms with van der Waals surface area (Å²) in [4.78, 5) is 13.9. The Hall–Kier alpha value is -0.810. The van der Waals surface area contributed by atoms with Crippen molar-refractivity contribution < 1.29 is 14.3 Å². The van der Waals surface area contributed by atoms with Crippen LogP contribution < -0.4 is 5.32 Å². The highest BCUT2D eigenvalue weighted by atomic mass is 16.6. The number of methoxy groups -OCH3 is 1. The van der Waals surface area contributed by atoms with E-state index in [9.17, 15) is 4.79 Å². The number of carbonyl (C=O) groups is 1. The highest BCUT2D eigenvalue weighted by Crippen LogP contribution is 2.22. The summed E-state index contributed by atoms with van der Waals surface area (Å²) in [5, 5.41) is 3.65. The van der Waals surface area contributed by atoms with E-state index < -0.39 is 5.60 Å². The quantitative estimate of drug-likeness (QED) is 0.863. The lowest BCUT2D eigenvalue weighted by molar-refractivity contribution is 0.0252. The summed E-state index contributed by atoms with van der Waals surface area (Å²) >= 11 is 0. The Kier molecular flexibility index (Phi) is 4.91. The first kappa shape index (κ1) is 15.6. The van der Waals surface area contributed by atoms with Gasteiger partial charge >= 0.3 is 6.09 Å². The number of likely N-dealkylation sites (tertiary alicyclic amines) is 1. The average molecular weight is 284 g/mol. The van der Waals surface area contributed by atoms with Gasteiger partial charge in [0.25, 0.3) is 0 Å². The standard InChI is InChI=1S/C15H28N2O3/c1-15(2,3)20-14(18)17-9-12(13(10-17)19-4)16-11-7-5-6-8-11/h11-13,16H,5-10H2,1-4H3/t12?,13-/m0/s1. The summed E-state index contributed by atoms with van der Waals surface area (Å²) in [6, 6.07) is 0.798. The third kappa shape index (κ3) is 4.09. The van der Waals surface area contributed by atoms with Crippen molar-refractivity contribution in [1.29, 1.82) is 0 Å². The number of amides is 1. The molecule has 0 bridgehead atoms. The van der Waals surface area contributed by atoms with Crippen LogP contribution in [0.2, 0.25) is 0 Å². The van der Waals surface area contributed by atoms with Crippen LogP contribution in [-0.4, -0.2) is 55.0 Å². The topological polar surface area (TPSA) is 50.8 Å². The van der Waals surface area contributed by atoms with Crippen LogP contribution in [0.25, 0.3) is 0 Å². The van der Waals surface area contributed by atoms with Gasteiger partial charge in [0.05, 0.1) is 18.7 Å². The molecular formula is C15H28N2O3. The van der Waals surface area contributed by atoms with Gasteiger partial charge in [0.2, 0.25) is 0 Å². The molecule has 2 aliphatic rings. The molecule has 1 heterocycles. The molecule has 1 unspecified atom stereocenters. The average Bonchev–Trinajstić information content (AvgIpc) is 2.96. The predicted molar refractivity (Wildman–Crippen MR) is 77.8 cm³/mol. The minimum atomic E-state index is -0.448. The Morgan fingerprint density at radius 2 is 1.85 bits per heavy atom. The van der Waals surface area contributed by atoms with Gasteiger partial charge in [-0.25, -0.2) is 4.79 Å². The Morgan fingerprint density at radius 3 is 2.40 bits per heavy atom. The van der Waals surface area contributed by atoms with Gasteiger partial charge in [-0.1, -0.05) is 12.8 Å². The third-order valence-corrected chi connectivity index (χ3v) is 4.03. The number of rotatable bonds is 3. The molecule has 5 heteroatoms. The summed E-state index contributed by atoms with van der Waals surface area (Å²) in [7, 11) is 1.71. The second kappa shape index (κ2) is 6.31. The van der Waals surface area contributed by atoms with E-state index in [1.807, 2.05) is 20.8 Å². The van der Waals surface area contributed by atoms with E-state index in [1.54, 1.807) is 12.0 Å². The number of hydrogen-bond acceptors (Lipinski definition) is 4. The van der Waals surface area contributed by atoms with Crippen molar-refractivity contribution in [2.75, 3.05) is 20.2 Å². The molecule has 20 heavy (non-hydrogen) atoms. The largest absolute Gasteiger partial charge is 0.444 e. The number of ether oxygens (including phenoxy) is 2. The molecule has 0 aromatic carbocycles. The zero-order chi connectivity index (χ0) is 14.8. The first-order chi connectivity index (χ1) is 9.39. The smallest absolute Gasteiger partial charge is 0.410 e. The van der Waals surface area contributed by atoms with Crippen molar-refractivity contribution in [3.05, 3.63) is 0 Å². The van der Waals surface area contributed by atoms with Crippen LogP contribution in [0.3, 0.4) is 0 Å². The first-order valence-corrected chi connectivity index (χ1v) is 7.66. The van der Waals surface area contributed by atoms with Crippen LogP contribution in [0.4, 0.5) is 4.79 Å². The summed E-state index contributed by atoms with van der Waals surface area (Å²) < 4.78 is 11.0. The van der Waals surface area contributed by atoms with Crippen molar-refractivity contribution >= 4 is 6.09 Å². The zero-order valence-corrected chi connectivity index (χ0v) is 13.1. The van der Waals surface area contributed by atoms with Crippen molar-refractivity contribution in [3.8, 4) is 0 Å². The summed E-state index contributed by atoms with van der Waals surface area (Å²) in [5.41, 5.74) is -0.448. The number of nitrogens with zero attached hydrogens (tertiary/aromatic N) is 1. The maximum Gasteiger partial charge on any atom is 0.410 e. The Balaban J connectivity index is 1.89. The van der Waals surface area contributed by atoms with E-state index in [-0.39, 0.29) is 18.2 Å². The van der Waals surface area contributed by atoms with Gasteiger partial charge in [-0.3, -0.25) is 0 Å². The fourth-order valence-electron chi connectivity index (χ4n) is 3.04. The Labute approximate surface area is 122 Å². The number of hydrogen-bond donors (Lipinski definition) is 1. The minimum Gasteiger partial charge on any atom is -0.444 e. The van der Waals surface area contributed by atoms with Crippen LogP contribution in [0, 0.1) is 0 Å². The van der Waals surface area contributed by atoms with Gasteiger partial charge in [-0.05, 0) is 33.6 Å². The molecule has 0 aromatic heterocycles. The fraction of sp³-hybridized carbons (Fsp3) is 0.933. The number of carbonyl (C=O) groups excluding carboxylic acids is 1. The molecule has 2 fully saturated rings. The minimum absolute atomic E-state index is 0.0584. The monoisotopic (exact) mass is 284 g/mol. The van der Waals surface area contributed by atoms with Gasteiger partial charge in [0, 0.05) is 19.7 Å². The molecule has 0 spiro atoms. The summed E-state index contributed by atoms with van der Waals surface area (Å²) in [5.74, 6) is 0. The van der Waals surface area contributed by atoms with Crippen molar-refractivity contribution in [1.82, 2.24) is 10.2 Å². The van der Waals surface area contributed by atoms with Gasteiger partial charge < -0.3 is 19.7 Å². The van der Waals surface area contributed by atoms with Crippen molar-refractivity contribution in [2.24, 2.45) is 0 Å². The lowest BCUT2D eigenvalue weighted by atomic mass is 10.1. The second-order valence-electron chi connectivity index (χ2n) is 6.91. The molecule has 1 aliphatic carbocycles. The molecular weight excluding hydrogens is 256 g/mol. The van der Waals surface area contributed by atoms with E-state index in [1.165, 1.54) is 25.7 Å². The molecule has 1 aliphatic heterocycles. The van der Waals surface area contributed by atoms with Crippen LogP contribution in [0.5, 0.6) is 0 Å². The molecule has 116 valence electrons. The highest BCUT2D eigenvalue weighted by molar-refractivity contribution is 5.68. The van der Waals surface area contributed by atoms with Crippen LogP contribution in [0.1, 0.15) is 46.5 Å². The van der Waals surface area contributed by atoms with Crippen LogP contribution in [0.15, 0.2) is 0 Å². The lowest BCUT2D eigenvalue weighted by Crippen LogP contribution is -2.45. The van der Waals surface area contributed by atoms with E-state index in [2.05, 4.69) is 5.32 Å². The van der Waals surface area contributed by atoms with E-state index in [4.69, 9.17) is 9.47 Å². The van der Waals surface area contributed by atoms with Crippen molar-refractivity contribution in [3.63, 3.8) is 0 Å². The molecule has 2 rings (SSSR count). The molecule has 1 saturated carbocycles. The van der Waals surface area contributed by atoms with Crippen molar-refractivity contribution in [2.45, 2.75) is 70.2 Å². The first-order valence-electron chi connectivity index (χ1n) is 7.66. The van der Waals surface area contributed by atoms with Gasteiger partial charge in [-0.2, -0.15) is 0 Å². The Bertz CT molecular complexity index is 335. The van der Waals surface area contributed by atoms with Crippen LogP contribution in [-0.2, 0) is 9.47 Å². The predicted octanol–water partition coefficient (Wildman–Crippen LogP) is 2.15. The van der Waals surface area contributed by atoms with E-state index in [0.717, 1.165) is 0 Å². The van der Waals surface area contributed by atoms with Gasteiger partial charge in [-0.15, -0.1) is 0 Å². The highest BCUT2D eigenvalue weighted by Gasteiger charge is 2.38. The molecule has 5 nitrogen and oxygen atoms in total. The maximum atomic E-state index is 12.1. The van der Waals surface area contributed by atoms with Gasteiger partial charge in [0.1, 0.15) is 5.60 Å². The second-order valence-corrected chi connectivity index (χ2v) is 6.91. The number of nitrogens with one attached hydrogen (secondary N) is 1. The SMILES string of the molecule is CO[C@H]1CN(C(=O)OC(C)(C)C)CC1NC1CCCC1. The maximum absolute atomic E-state index is 12.1. The normalized spacial score (nSPS) is 28.1. The van der Waals surface area contributed by atoms with E-state index >= 15 is 0 Å². The molecule has 1 saturated heterocycles. The third-order valence-electron chi connectivity index (χ3n) is 4.03. The summed E-state index contributed by atoms with van der Waals surface area (Å²) in [6.45, 7) is 6.95. The molecule has 2 atom stereocenters. The van der Waals surface area contributed by atoms with Gasteiger partial charge in [0.15, 0.2) is 0 Å². The fourth-order valence-corrected chi connectivity index (χ4v) is 3.04. The molecule has 1 amide bonds. The lowest BCUT2D eigenvalue weighted by Gasteiger charge is -2.24. The Morgan fingerprint density at radius 1 is 1.20 bits per heavy atom.